The molecule has 10 heteroatoms. The number of azide groups is 1. The Labute approximate surface area is 160 Å². The highest BCUT2D eigenvalue weighted by Crippen LogP contribution is 2.38. The predicted octanol–water partition coefficient (Wildman–Crippen LogP) is 2.43. The van der Waals surface area contributed by atoms with E-state index in [9.17, 15) is 4.79 Å². The molecule has 0 amide bonds. The molecule has 0 saturated carbocycles. The fourth-order valence-corrected chi connectivity index (χ4v) is 3.87. The highest BCUT2D eigenvalue weighted by Gasteiger charge is 2.50. The van der Waals surface area contributed by atoms with Crippen molar-refractivity contribution < 1.29 is 28.5 Å². The molecule has 0 N–H and O–H groups in total. The Morgan fingerprint density at radius 2 is 2.15 bits per heavy atom. The molecule has 0 spiro atoms. The maximum Gasteiger partial charge on any atom is 0.331 e. The number of methoxy groups -OCH3 is 1. The molecule has 2 saturated heterocycles. The van der Waals surface area contributed by atoms with Crippen molar-refractivity contribution in [1.29, 1.82) is 0 Å². The van der Waals surface area contributed by atoms with Crippen LogP contribution in [0.5, 0.6) is 0 Å². The highest BCUT2D eigenvalue weighted by atomic mass is 32.2. The molecule has 1 aromatic rings. The normalized spacial score (nSPS) is 32.8. The maximum absolute atomic E-state index is 11.6. The number of benzene rings is 1. The van der Waals surface area contributed by atoms with Crippen LogP contribution in [0.2, 0.25) is 0 Å². The van der Waals surface area contributed by atoms with E-state index in [-0.39, 0.29) is 6.61 Å². The van der Waals surface area contributed by atoms with Crippen molar-refractivity contribution >= 4 is 17.7 Å². The molecular weight excluding hydrogens is 374 g/mol. The van der Waals surface area contributed by atoms with Crippen LogP contribution in [-0.2, 0) is 28.5 Å². The van der Waals surface area contributed by atoms with Crippen LogP contribution < -0.4 is 0 Å². The van der Waals surface area contributed by atoms with Crippen molar-refractivity contribution in [2.24, 2.45) is 5.11 Å². The molecule has 3 unspecified atom stereocenters. The Morgan fingerprint density at radius 1 is 1.37 bits per heavy atom. The van der Waals surface area contributed by atoms with Crippen molar-refractivity contribution in [2.45, 2.75) is 36.1 Å². The fourth-order valence-electron chi connectivity index (χ4n) is 3.13. The topological polar surface area (TPSA) is 112 Å². The molecule has 6 atom stereocenters. The second-order valence-electron chi connectivity index (χ2n) is 6.00. The summed E-state index contributed by atoms with van der Waals surface area (Å²) in [7, 11) is 1.28. The first-order valence-electron chi connectivity index (χ1n) is 8.40. The summed E-state index contributed by atoms with van der Waals surface area (Å²) in [6.07, 6.45) is -0.397. The van der Waals surface area contributed by atoms with Gasteiger partial charge in [0.05, 0.1) is 19.8 Å². The van der Waals surface area contributed by atoms with E-state index in [1.165, 1.54) is 18.9 Å². The van der Waals surface area contributed by atoms with E-state index in [1.54, 1.807) is 0 Å². The third-order valence-corrected chi connectivity index (χ3v) is 5.27. The van der Waals surface area contributed by atoms with Gasteiger partial charge in [-0.2, -0.15) is 0 Å². The van der Waals surface area contributed by atoms with Gasteiger partial charge in [-0.1, -0.05) is 35.4 Å². The van der Waals surface area contributed by atoms with Gasteiger partial charge < -0.3 is 23.7 Å². The van der Waals surface area contributed by atoms with Gasteiger partial charge in [-0.15, -0.1) is 11.8 Å². The van der Waals surface area contributed by atoms with E-state index in [1.807, 2.05) is 36.6 Å². The lowest BCUT2D eigenvalue weighted by molar-refractivity contribution is -0.309. The second-order valence-corrected chi connectivity index (χ2v) is 6.94. The Morgan fingerprint density at radius 3 is 2.81 bits per heavy atom. The lowest BCUT2D eigenvalue weighted by atomic mass is 9.97. The third-order valence-electron chi connectivity index (χ3n) is 4.42. The van der Waals surface area contributed by atoms with Crippen LogP contribution >= 0.6 is 11.8 Å². The minimum absolute atomic E-state index is 0.275. The molecule has 1 aromatic carbocycles. The average molecular weight is 395 g/mol. The smallest absolute Gasteiger partial charge is 0.331 e. The van der Waals surface area contributed by atoms with E-state index in [0.717, 1.165) is 5.56 Å². The monoisotopic (exact) mass is 395 g/mol. The zero-order valence-corrected chi connectivity index (χ0v) is 15.8. The van der Waals surface area contributed by atoms with Gasteiger partial charge in [-0.05, 0) is 11.8 Å². The van der Waals surface area contributed by atoms with Crippen molar-refractivity contribution in [3.63, 3.8) is 0 Å². The number of nitrogens with zero attached hydrogens (tertiary/aromatic N) is 3. The first-order valence-corrected chi connectivity index (χ1v) is 9.69. The fraction of sp³-hybridized carbons (Fsp3) is 0.588. The van der Waals surface area contributed by atoms with Crippen molar-refractivity contribution in [2.75, 3.05) is 26.6 Å². The molecule has 27 heavy (non-hydrogen) atoms. The van der Waals surface area contributed by atoms with Crippen LogP contribution in [0.4, 0.5) is 0 Å². The minimum Gasteiger partial charge on any atom is -0.467 e. The zero-order valence-electron chi connectivity index (χ0n) is 15.0. The van der Waals surface area contributed by atoms with E-state index >= 15 is 0 Å². The molecule has 2 fully saturated rings. The van der Waals surface area contributed by atoms with E-state index < -0.39 is 42.0 Å². The Hall–Kier alpha value is -1.81. The summed E-state index contributed by atoms with van der Waals surface area (Å²) in [5.74, 6) is -0.523. The first-order chi connectivity index (χ1) is 13.2. The number of esters is 1. The van der Waals surface area contributed by atoms with Crippen molar-refractivity contribution in [3.05, 3.63) is 46.3 Å². The van der Waals surface area contributed by atoms with Crippen molar-refractivity contribution in [3.8, 4) is 0 Å². The maximum atomic E-state index is 11.6. The van der Waals surface area contributed by atoms with Gasteiger partial charge in [0.2, 0.25) is 0 Å². The highest BCUT2D eigenvalue weighted by molar-refractivity contribution is 7.99. The van der Waals surface area contributed by atoms with Gasteiger partial charge in [-0.3, -0.25) is 0 Å². The third kappa shape index (κ3) is 4.55. The quantitative estimate of drug-likeness (QED) is 0.315. The summed E-state index contributed by atoms with van der Waals surface area (Å²) in [5, 5.41) is 3.85. The second kappa shape index (κ2) is 9.41. The number of thioether (sulfide) groups is 1. The number of rotatable bonds is 6. The number of hydrogen-bond donors (Lipinski definition) is 0. The summed E-state index contributed by atoms with van der Waals surface area (Å²) >= 11 is 1.40. The first kappa shape index (κ1) is 19.9. The SMILES string of the molecule is COC(=O)CO[C@@H]1C(N=[N+]=[N-])[C@H](SC)OC2COC(c3ccccc3)O[C@@H]21. The minimum atomic E-state index is -0.675. The zero-order chi connectivity index (χ0) is 19.2. The summed E-state index contributed by atoms with van der Waals surface area (Å²) in [6, 6.07) is 8.82. The van der Waals surface area contributed by atoms with Crippen LogP contribution in [0.15, 0.2) is 35.4 Å². The Bertz CT molecular complexity index is 687. The van der Waals surface area contributed by atoms with Crippen LogP contribution in [0.1, 0.15) is 11.9 Å². The van der Waals surface area contributed by atoms with Gasteiger partial charge >= 0.3 is 5.97 Å². The number of ether oxygens (including phenoxy) is 5. The summed E-state index contributed by atoms with van der Waals surface area (Å²) in [4.78, 5) is 14.5. The lowest BCUT2D eigenvalue weighted by Gasteiger charge is -2.47. The van der Waals surface area contributed by atoms with E-state index in [2.05, 4.69) is 14.8 Å². The Kier molecular flexibility index (Phi) is 6.95. The summed E-state index contributed by atoms with van der Waals surface area (Å²) in [6.45, 7) is 0.0194. The standard InChI is InChI=1S/C17H21N3O6S/c1-22-12(21)9-23-15-13(19-20-18)17(27-2)25-11-8-24-16(26-14(11)15)10-6-4-3-5-7-10/h3-7,11,13-17H,8-9H2,1-2H3/t11?,13?,14-,15+,16?,17-/m0/s1. The largest absolute Gasteiger partial charge is 0.467 e. The number of carbonyl (C=O) groups excluding carboxylic acids is 1. The van der Waals surface area contributed by atoms with Gasteiger partial charge in [0, 0.05) is 10.5 Å². The van der Waals surface area contributed by atoms with Crippen LogP contribution in [0.25, 0.3) is 10.4 Å². The number of hydrogen-bond acceptors (Lipinski definition) is 8. The molecule has 0 radical (unpaired) electrons. The molecule has 2 aliphatic rings. The molecule has 3 rings (SSSR count). The van der Waals surface area contributed by atoms with E-state index in [4.69, 9.17) is 24.5 Å². The van der Waals surface area contributed by atoms with Crippen LogP contribution in [0.3, 0.4) is 0 Å². The van der Waals surface area contributed by atoms with Gasteiger partial charge in [0.15, 0.2) is 6.29 Å². The Balaban J connectivity index is 1.84. The molecule has 2 heterocycles. The lowest BCUT2D eigenvalue weighted by Crippen LogP contribution is -2.61. The molecule has 0 aromatic heterocycles. The van der Waals surface area contributed by atoms with Gasteiger partial charge in [0.1, 0.15) is 30.3 Å². The molecule has 2 aliphatic heterocycles. The van der Waals surface area contributed by atoms with Crippen molar-refractivity contribution in [1.82, 2.24) is 0 Å². The molecule has 0 bridgehead atoms. The van der Waals surface area contributed by atoms with E-state index in [0.29, 0.717) is 6.61 Å². The summed E-state index contributed by atoms with van der Waals surface area (Å²) in [5.41, 5.74) is 9.40. The molecular formula is C17H21N3O6S. The van der Waals surface area contributed by atoms with Crippen LogP contribution in [0, 0.1) is 0 Å². The molecule has 0 aliphatic carbocycles. The van der Waals surface area contributed by atoms with Gasteiger partial charge in [0.25, 0.3) is 0 Å². The van der Waals surface area contributed by atoms with Crippen LogP contribution in [-0.4, -0.2) is 62.3 Å². The molecule has 146 valence electrons. The summed E-state index contributed by atoms with van der Waals surface area (Å²) < 4.78 is 28.3. The van der Waals surface area contributed by atoms with Gasteiger partial charge in [-0.25, -0.2) is 4.79 Å². The predicted molar refractivity (Wildman–Crippen MR) is 96.9 cm³/mol. The number of carbonyl (C=O) groups is 1. The number of fused-ring (bicyclic) bond motifs is 1. The average Bonchev–Trinajstić information content (AvgIpc) is 2.72. The molecule has 9 nitrogen and oxygen atoms in total.